The number of anilines is 1. The molecule has 2 aromatic heterocycles. The van der Waals surface area contributed by atoms with Gasteiger partial charge in [0.1, 0.15) is 11.9 Å². The molecule has 0 aromatic carbocycles. The van der Waals surface area contributed by atoms with E-state index in [1.165, 1.54) is 19.5 Å². The fourth-order valence-corrected chi connectivity index (χ4v) is 5.09. The molecule has 2 fully saturated rings. The normalized spacial score (nSPS) is 18.9. The van der Waals surface area contributed by atoms with E-state index in [1.54, 1.807) is 16.7 Å². The summed E-state index contributed by atoms with van der Waals surface area (Å²) >= 11 is 0.863. The summed E-state index contributed by atoms with van der Waals surface area (Å²) in [6.07, 6.45) is -5.07. The highest BCUT2D eigenvalue weighted by Gasteiger charge is 2.54. The molecule has 2 aromatic rings. The predicted octanol–water partition coefficient (Wildman–Crippen LogP) is 2.36. The molecule has 0 saturated carbocycles. The molecule has 2 aliphatic rings. The lowest BCUT2D eigenvalue weighted by molar-refractivity contribution is -0.155. The van der Waals surface area contributed by atoms with Crippen LogP contribution in [0, 0.1) is 5.41 Å². The van der Waals surface area contributed by atoms with Crippen molar-refractivity contribution in [1.82, 2.24) is 15.2 Å². The van der Waals surface area contributed by atoms with Crippen LogP contribution in [0.3, 0.4) is 0 Å². The predicted molar refractivity (Wildman–Crippen MR) is 106 cm³/mol. The van der Waals surface area contributed by atoms with Gasteiger partial charge < -0.3 is 19.9 Å². The maximum absolute atomic E-state index is 13.7. The van der Waals surface area contributed by atoms with Crippen molar-refractivity contribution in [2.75, 3.05) is 45.2 Å². The second-order valence-electron chi connectivity index (χ2n) is 7.86. The fourth-order valence-electron chi connectivity index (χ4n) is 4.07. The van der Waals surface area contributed by atoms with Gasteiger partial charge in [-0.05, 0) is 13.0 Å². The van der Waals surface area contributed by atoms with Gasteiger partial charge >= 0.3 is 6.18 Å². The van der Waals surface area contributed by atoms with E-state index in [0.29, 0.717) is 26.2 Å². The third-order valence-corrected chi connectivity index (χ3v) is 6.73. The molecule has 162 valence electrons. The van der Waals surface area contributed by atoms with Gasteiger partial charge in [0.15, 0.2) is 0 Å². The van der Waals surface area contributed by atoms with E-state index >= 15 is 0 Å². The molecule has 2 saturated heterocycles. The van der Waals surface area contributed by atoms with Gasteiger partial charge in [-0.3, -0.25) is 9.59 Å². The number of hydrogen-bond donors (Lipinski definition) is 1. The Bertz CT molecular complexity index is 1010. The zero-order chi connectivity index (χ0) is 21.8. The number of carbonyl (C=O) groups is 2. The molecule has 30 heavy (non-hydrogen) atoms. The monoisotopic (exact) mass is 442 g/mol. The lowest BCUT2D eigenvalue weighted by Gasteiger charge is -2.60. The van der Waals surface area contributed by atoms with Crippen LogP contribution in [0.25, 0.3) is 10.2 Å². The molecular formula is C19H21F3N4O3S. The maximum Gasteiger partial charge on any atom is 0.417 e. The van der Waals surface area contributed by atoms with Crippen LogP contribution >= 0.6 is 11.3 Å². The minimum absolute atomic E-state index is 0.0472. The minimum Gasteiger partial charge on any atom is -0.372 e. The van der Waals surface area contributed by atoms with E-state index < -0.39 is 23.8 Å². The molecule has 7 nitrogen and oxygen atoms in total. The third-order valence-electron chi connectivity index (χ3n) is 5.73. The van der Waals surface area contributed by atoms with Gasteiger partial charge in [0.05, 0.1) is 21.3 Å². The van der Waals surface area contributed by atoms with Crippen molar-refractivity contribution >= 4 is 39.2 Å². The average Bonchev–Trinajstić information content (AvgIpc) is 3.06. The molecule has 0 aliphatic carbocycles. The molecule has 4 rings (SSSR count). The smallest absolute Gasteiger partial charge is 0.372 e. The van der Waals surface area contributed by atoms with Gasteiger partial charge in [-0.15, -0.1) is 11.3 Å². The number of likely N-dealkylation sites (tertiary alicyclic amines) is 1. The Balaban J connectivity index is 1.57. The summed E-state index contributed by atoms with van der Waals surface area (Å²) in [5.74, 6) is -0.368. The molecule has 11 heteroatoms. The first kappa shape index (κ1) is 20.9. The molecule has 1 unspecified atom stereocenters. The molecule has 0 bridgehead atoms. The first-order valence-electron chi connectivity index (χ1n) is 9.36. The van der Waals surface area contributed by atoms with E-state index in [0.717, 1.165) is 17.4 Å². The van der Waals surface area contributed by atoms with Crippen molar-refractivity contribution in [3.05, 3.63) is 22.6 Å². The average molecular weight is 442 g/mol. The molecule has 2 aliphatic heterocycles. The van der Waals surface area contributed by atoms with Crippen molar-refractivity contribution in [3.63, 3.8) is 0 Å². The van der Waals surface area contributed by atoms with Gasteiger partial charge in [0.25, 0.3) is 11.8 Å². The van der Waals surface area contributed by atoms with Gasteiger partial charge in [-0.2, -0.15) is 13.2 Å². The van der Waals surface area contributed by atoms with E-state index in [2.05, 4.69) is 10.3 Å². The van der Waals surface area contributed by atoms with Crippen molar-refractivity contribution in [2.45, 2.75) is 19.2 Å². The number of nitrogens with one attached hydrogen (secondary N) is 1. The number of alkyl halides is 3. The standard InChI is InChI=1S/C19H21F3N4O3S/c1-10(29-3)17(28)26-8-18(9-26)6-25(7-18)13-4-12(19(20,21)22)15-14(24-13)11(5-30-15)16(27)23-2/h4-5,10H,6-9H2,1-3H3,(H,23,27). The number of carbonyl (C=O) groups excluding carboxylic acids is 2. The Hall–Kier alpha value is -2.40. The lowest BCUT2D eigenvalue weighted by Crippen LogP contribution is -2.74. The number of ether oxygens (including phenoxy) is 1. The molecule has 1 spiro atoms. The van der Waals surface area contributed by atoms with E-state index in [1.807, 2.05) is 0 Å². The second kappa shape index (κ2) is 7.09. The number of halogens is 3. The van der Waals surface area contributed by atoms with Gasteiger partial charge in [-0.1, -0.05) is 0 Å². The van der Waals surface area contributed by atoms with Crippen LogP contribution in [-0.4, -0.2) is 68.1 Å². The van der Waals surface area contributed by atoms with Gasteiger partial charge in [0, 0.05) is 51.1 Å². The number of hydrogen-bond acceptors (Lipinski definition) is 6. The van der Waals surface area contributed by atoms with E-state index in [-0.39, 0.29) is 32.9 Å². The Labute approximate surface area is 174 Å². The van der Waals surface area contributed by atoms with Crippen molar-refractivity contribution in [1.29, 1.82) is 0 Å². The Morgan fingerprint density at radius 3 is 2.53 bits per heavy atom. The number of thiophene rings is 1. The Kier molecular flexibility index (Phi) is 4.93. The summed E-state index contributed by atoms with van der Waals surface area (Å²) in [6.45, 7) is 3.79. The summed E-state index contributed by atoms with van der Waals surface area (Å²) in [5, 5.41) is 3.84. The molecule has 2 amide bonds. The minimum atomic E-state index is -4.56. The van der Waals surface area contributed by atoms with Crippen LogP contribution in [0.4, 0.5) is 19.0 Å². The Morgan fingerprint density at radius 2 is 1.97 bits per heavy atom. The summed E-state index contributed by atoms with van der Waals surface area (Å²) in [4.78, 5) is 32.1. The van der Waals surface area contributed by atoms with Crippen LogP contribution in [0.2, 0.25) is 0 Å². The highest BCUT2D eigenvalue weighted by Crippen LogP contribution is 2.45. The fraction of sp³-hybridized carbons (Fsp3) is 0.526. The van der Waals surface area contributed by atoms with Crippen LogP contribution in [0.15, 0.2) is 11.4 Å². The van der Waals surface area contributed by atoms with Crippen LogP contribution in [0.1, 0.15) is 22.8 Å². The highest BCUT2D eigenvalue weighted by molar-refractivity contribution is 7.17. The molecule has 0 radical (unpaired) electrons. The number of rotatable bonds is 4. The highest BCUT2D eigenvalue weighted by atomic mass is 32.1. The molecule has 1 atom stereocenters. The van der Waals surface area contributed by atoms with E-state index in [9.17, 15) is 22.8 Å². The number of nitrogens with zero attached hydrogens (tertiary/aromatic N) is 3. The second-order valence-corrected chi connectivity index (χ2v) is 8.74. The maximum atomic E-state index is 13.7. The number of methoxy groups -OCH3 is 1. The number of amides is 2. The zero-order valence-corrected chi connectivity index (χ0v) is 17.5. The van der Waals surface area contributed by atoms with Crippen molar-refractivity contribution in [3.8, 4) is 0 Å². The van der Waals surface area contributed by atoms with E-state index in [4.69, 9.17) is 4.74 Å². The summed E-state index contributed by atoms with van der Waals surface area (Å²) < 4.78 is 46.0. The quantitative estimate of drug-likeness (QED) is 0.787. The molecule has 1 N–H and O–H groups in total. The van der Waals surface area contributed by atoms with Crippen molar-refractivity contribution < 1.29 is 27.5 Å². The third kappa shape index (κ3) is 3.29. The van der Waals surface area contributed by atoms with Crippen LogP contribution in [0.5, 0.6) is 0 Å². The topological polar surface area (TPSA) is 74.8 Å². The SMILES string of the molecule is CNC(=O)c1csc2c(C(F)(F)F)cc(N3CC4(CN(C(=O)C(C)OC)C4)C3)nc12. The molecule has 4 heterocycles. The summed E-state index contributed by atoms with van der Waals surface area (Å²) in [5.41, 5.74) is -0.724. The largest absolute Gasteiger partial charge is 0.417 e. The zero-order valence-electron chi connectivity index (χ0n) is 16.7. The first-order chi connectivity index (χ1) is 14.1. The lowest BCUT2D eigenvalue weighted by atomic mass is 9.72. The number of fused-ring (bicyclic) bond motifs is 1. The Morgan fingerprint density at radius 1 is 1.30 bits per heavy atom. The van der Waals surface area contributed by atoms with Crippen molar-refractivity contribution in [2.24, 2.45) is 5.41 Å². The molecular weight excluding hydrogens is 421 g/mol. The van der Waals surface area contributed by atoms with Crippen LogP contribution in [-0.2, 0) is 15.7 Å². The summed E-state index contributed by atoms with van der Waals surface area (Å²) in [6, 6.07) is 1.05. The van der Waals surface area contributed by atoms with Crippen LogP contribution < -0.4 is 10.2 Å². The first-order valence-corrected chi connectivity index (χ1v) is 10.2. The number of pyridine rings is 1. The number of aromatic nitrogens is 1. The van der Waals surface area contributed by atoms with Gasteiger partial charge in [0.2, 0.25) is 0 Å². The summed E-state index contributed by atoms with van der Waals surface area (Å²) in [7, 11) is 2.90. The van der Waals surface area contributed by atoms with Gasteiger partial charge in [-0.25, -0.2) is 4.98 Å².